The molecule has 4 heteroatoms. The quantitative estimate of drug-likeness (QED) is 0.290. The fourth-order valence-electron chi connectivity index (χ4n) is 2.91. The summed E-state index contributed by atoms with van der Waals surface area (Å²) in [6.07, 6.45) is 8.83. The summed E-state index contributed by atoms with van der Waals surface area (Å²) in [5, 5.41) is 0. The van der Waals surface area contributed by atoms with E-state index in [2.05, 4.69) is 0 Å². The normalized spacial score (nSPS) is 14.8. The van der Waals surface area contributed by atoms with Crippen molar-refractivity contribution in [2.45, 2.75) is 26.7 Å². The molecule has 0 aliphatic carbocycles. The minimum absolute atomic E-state index is 0.231. The van der Waals surface area contributed by atoms with E-state index in [1.165, 1.54) is 23.3 Å². The molecule has 0 N–H and O–H groups in total. The van der Waals surface area contributed by atoms with E-state index in [1.807, 2.05) is 62.4 Å². The molecule has 1 heterocycles. The summed E-state index contributed by atoms with van der Waals surface area (Å²) in [5.41, 5.74) is 4.52. The first-order chi connectivity index (χ1) is 14.5. The minimum atomic E-state index is -0.231. The summed E-state index contributed by atoms with van der Waals surface area (Å²) < 4.78 is 0.851. The third kappa shape index (κ3) is 6.61. The highest BCUT2D eigenvalue weighted by Gasteiger charge is 2.21. The van der Waals surface area contributed by atoms with Gasteiger partial charge in [0.05, 0.1) is 9.81 Å². The van der Waals surface area contributed by atoms with Crippen molar-refractivity contribution in [1.82, 2.24) is 0 Å². The Bertz CT molecular complexity index is 901. The third-order valence-electron chi connectivity index (χ3n) is 4.71. The lowest BCUT2D eigenvalue weighted by Gasteiger charge is -2.08. The van der Waals surface area contributed by atoms with E-state index >= 15 is 0 Å². The van der Waals surface area contributed by atoms with Crippen LogP contribution in [-0.2, 0) is 9.59 Å². The zero-order valence-corrected chi connectivity index (χ0v) is 19.0. The van der Waals surface area contributed by atoms with E-state index in [0.29, 0.717) is 5.57 Å². The van der Waals surface area contributed by atoms with Crippen molar-refractivity contribution in [2.75, 3.05) is 11.5 Å². The van der Waals surface area contributed by atoms with Crippen molar-refractivity contribution in [3.05, 3.63) is 92.7 Å². The van der Waals surface area contributed by atoms with E-state index < -0.39 is 0 Å². The van der Waals surface area contributed by atoms with Crippen molar-refractivity contribution >= 4 is 47.2 Å². The Morgan fingerprint density at radius 3 is 1.50 bits per heavy atom. The highest BCUT2D eigenvalue weighted by molar-refractivity contribution is 8.22. The van der Waals surface area contributed by atoms with Gasteiger partial charge in [0.1, 0.15) is 0 Å². The number of carbonyl (C=O) groups excluding carboxylic acids is 2. The number of benzene rings is 2. The van der Waals surface area contributed by atoms with Gasteiger partial charge in [-0.2, -0.15) is 0 Å². The standard InChI is InChI=1S/C26H26O2S2/c1-19-5-9-21(10-6-19)13-15-23(27)25(26-29-17-3-4-18-30-26)24(28)16-14-22-11-7-20(2)8-12-22/h5-16H,3-4,17-18H2,1-2H3/b15-13+,16-14+. The van der Waals surface area contributed by atoms with Gasteiger partial charge in [0.25, 0.3) is 0 Å². The Kier molecular flexibility index (Phi) is 8.35. The van der Waals surface area contributed by atoms with Crippen LogP contribution in [0.4, 0.5) is 0 Å². The van der Waals surface area contributed by atoms with E-state index in [-0.39, 0.29) is 11.6 Å². The highest BCUT2D eigenvalue weighted by Crippen LogP contribution is 2.37. The van der Waals surface area contributed by atoms with Crippen molar-refractivity contribution in [3.63, 3.8) is 0 Å². The largest absolute Gasteiger partial charge is 0.289 e. The second-order valence-corrected chi connectivity index (χ2v) is 9.75. The fraction of sp³-hybridized carbons (Fsp3) is 0.231. The number of ketones is 2. The van der Waals surface area contributed by atoms with Crippen LogP contribution in [0.5, 0.6) is 0 Å². The lowest BCUT2D eigenvalue weighted by molar-refractivity contribution is -0.116. The molecule has 2 aromatic rings. The van der Waals surface area contributed by atoms with Crippen LogP contribution in [0.3, 0.4) is 0 Å². The molecule has 154 valence electrons. The van der Waals surface area contributed by atoms with E-state index in [4.69, 9.17) is 0 Å². The van der Waals surface area contributed by atoms with Gasteiger partial charge in [-0.15, -0.1) is 23.5 Å². The molecule has 1 aliphatic heterocycles. The van der Waals surface area contributed by atoms with Crippen molar-refractivity contribution in [1.29, 1.82) is 0 Å². The van der Waals surface area contributed by atoms with Crippen LogP contribution >= 0.6 is 23.5 Å². The number of thioether (sulfide) groups is 2. The molecule has 2 nitrogen and oxygen atoms in total. The molecular weight excluding hydrogens is 408 g/mol. The Labute approximate surface area is 187 Å². The number of allylic oxidation sites excluding steroid dienone is 3. The van der Waals surface area contributed by atoms with E-state index in [0.717, 1.165) is 39.7 Å². The van der Waals surface area contributed by atoms with Gasteiger partial charge < -0.3 is 0 Å². The number of rotatable bonds is 6. The second kappa shape index (κ2) is 11.2. The molecule has 3 rings (SSSR count). The predicted molar refractivity (Wildman–Crippen MR) is 132 cm³/mol. The van der Waals surface area contributed by atoms with Crippen LogP contribution in [0.15, 0.2) is 70.5 Å². The molecule has 0 radical (unpaired) electrons. The molecular formula is C26H26O2S2. The monoisotopic (exact) mass is 434 g/mol. The number of aryl methyl sites for hydroxylation is 2. The molecule has 0 atom stereocenters. The Balaban J connectivity index is 1.86. The second-order valence-electron chi connectivity index (χ2n) is 7.28. The van der Waals surface area contributed by atoms with Crippen LogP contribution in [0.1, 0.15) is 35.1 Å². The molecule has 1 fully saturated rings. The maximum absolute atomic E-state index is 13.1. The molecule has 0 spiro atoms. The van der Waals surface area contributed by atoms with Crippen LogP contribution in [0, 0.1) is 13.8 Å². The smallest absolute Gasteiger partial charge is 0.191 e. The summed E-state index contributed by atoms with van der Waals surface area (Å²) in [6.45, 7) is 4.06. The van der Waals surface area contributed by atoms with Gasteiger partial charge in [0.2, 0.25) is 0 Å². The first-order valence-electron chi connectivity index (χ1n) is 10.1. The predicted octanol–water partition coefficient (Wildman–Crippen LogP) is 6.64. The third-order valence-corrected chi connectivity index (χ3v) is 7.34. The van der Waals surface area contributed by atoms with Crippen molar-refractivity contribution in [2.24, 2.45) is 0 Å². The van der Waals surface area contributed by atoms with Crippen LogP contribution in [0.25, 0.3) is 12.2 Å². The van der Waals surface area contributed by atoms with Gasteiger partial charge in [-0.1, -0.05) is 71.8 Å². The van der Waals surface area contributed by atoms with Crippen LogP contribution in [0.2, 0.25) is 0 Å². The molecule has 30 heavy (non-hydrogen) atoms. The van der Waals surface area contributed by atoms with Gasteiger partial charge in [0, 0.05) is 0 Å². The van der Waals surface area contributed by atoms with E-state index in [9.17, 15) is 9.59 Å². The van der Waals surface area contributed by atoms with Crippen molar-refractivity contribution in [3.8, 4) is 0 Å². The van der Waals surface area contributed by atoms with Gasteiger partial charge in [-0.3, -0.25) is 9.59 Å². The summed E-state index contributed by atoms with van der Waals surface area (Å²) >= 11 is 3.26. The summed E-state index contributed by atoms with van der Waals surface area (Å²) in [6, 6.07) is 15.9. The van der Waals surface area contributed by atoms with Gasteiger partial charge in [0.15, 0.2) is 11.6 Å². The minimum Gasteiger partial charge on any atom is -0.289 e. The lowest BCUT2D eigenvalue weighted by atomic mass is 10.0. The average Bonchev–Trinajstić information content (AvgIpc) is 3.02. The number of hydrogen-bond donors (Lipinski definition) is 0. The average molecular weight is 435 g/mol. The molecule has 0 amide bonds. The van der Waals surface area contributed by atoms with Gasteiger partial charge >= 0.3 is 0 Å². The number of hydrogen-bond acceptors (Lipinski definition) is 4. The van der Waals surface area contributed by atoms with Crippen molar-refractivity contribution < 1.29 is 9.59 Å². The summed E-state index contributed by atoms with van der Waals surface area (Å²) in [4.78, 5) is 26.1. The molecule has 1 aliphatic rings. The molecule has 2 aromatic carbocycles. The zero-order valence-electron chi connectivity index (χ0n) is 17.4. The van der Waals surface area contributed by atoms with Gasteiger partial charge in [-0.05, 0) is 61.5 Å². The summed E-state index contributed by atoms with van der Waals surface area (Å²) in [7, 11) is 0. The molecule has 0 unspecified atom stereocenters. The van der Waals surface area contributed by atoms with Crippen LogP contribution in [-0.4, -0.2) is 23.1 Å². The molecule has 0 saturated carbocycles. The molecule has 1 saturated heterocycles. The maximum atomic E-state index is 13.1. The first-order valence-corrected chi connectivity index (χ1v) is 12.1. The lowest BCUT2D eigenvalue weighted by Crippen LogP contribution is -2.10. The molecule has 0 bridgehead atoms. The topological polar surface area (TPSA) is 34.1 Å². The SMILES string of the molecule is Cc1ccc(/C=C/C(=O)C(C(=O)/C=C/c2ccc(C)cc2)=C2SCCCCS2)cc1. The zero-order chi connectivity index (χ0) is 21.3. The Hall–Kier alpha value is -2.30. The maximum Gasteiger partial charge on any atom is 0.191 e. The van der Waals surface area contributed by atoms with E-state index in [1.54, 1.807) is 35.7 Å². The molecule has 0 aromatic heterocycles. The highest BCUT2D eigenvalue weighted by atomic mass is 32.2. The first kappa shape index (κ1) is 22.4. The Morgan fingerprint density at radius 2 is 1.10 bits per heavy atom. The van der Waals surface area contributed by atoms with Gasteiger partial charge in [-0.25, -0.2) is 0 Å². The summed E-state index contributed by atoms with van der Waals surface area (Å²) in [5.74, 6) is 1.42. The number of carbonyl (C=O) groups is 2. The fourth-order valence-corrected chi connectivity index (χ4v) is 5.50. The Morgan fingerprint density at radius 1 is 0.700 bits per heavy atom. The van der Waals surface area contributed by atoms with Crippen LogP contribution < -0.4 is 0 Å².